The van der Waals surface area contributed by atoms with Gasteiger partial charge in [0.15, 0.2) is 0 Å². The summed E-state index contributed by atoms with van der Waals surface area (Å²) in [6.45, 7) is 0. The minimum Gasteiger partial charge on any atom is -0.271 e. The fourth-order valence-corrected chi connectivity index (χ4v) is 5.79. The van der Waals surface area contributed by atoms with Gasteiger partial charge in [0.05, 0.1) is 11.3 Å². The first-order valence-corrected chi connectivity index (χ1v) is 9.94. The summed E-state index contributed by atoms with van der Waals surface area (Å²) in [5.41, 5.74) is 2.87. The highest BCUT2D eigenvalue weighted by Crippen LogP contribution is 2.40. The van der Waals surface area contributed by atoms with Crippen LogP contribution in [0.1, 0.15) is 36.6 Å². The molecule has 19 heavy (non-hydrogen) atoms. The molecule has 1 heterocycles. The van der Waals surface area contributed by atoms with Crippen LogP contribution in [0.5, 0.6) is 0 Å². The van der Waals surface area contributed by atoms with Gasteiger partial charge in [-0.15, -0.1) is 11.3 Å². The molecule has 1 saturated carbocycles. The molecule has 1 aliphatic rings. The Morgan fingerprint density at radius 3 is 2.79 bits per heavy atom. The van der Waals surface area contributed by atoms with Gasteiger partial charge in [-0.25, -0.2) is 8.42 Å². The summed E-state index contributed by atoms with van der Waals surface area (Å²) in [5.74, 6) is 5.98. The van der Waals surface area contributed by atoms with E-state index in [-0.39, 0.29) is 17.2 Å². The van der Waals surface area contributed by atoms with E-state index < -0.39 is 9.84 Å². The van der Waals surface area contributed by atoms with E-state index in [1.807, 2.05) is 11.4 Å². The van der Waals surface area contributed by atoms with Gasteiger partial charge in [0.25, 0.3) is 0 Å². The highest BCUT2D eigenvalue weighted by Gasteiger charge is 2.34. The van der Waals surface area contributed by atoms with Crippen LogP contribution < -0.4 is 11.3 Å². The van der Waals surface area contributed by atoms with Crippen molar-refractivity contribution >= 4 is 37.1 Å². The summed E-state index contributed by atoms with van der Waals surface area (Å²) in [7, 11) is -2.96. The molecule has 0 aromatic carbocycles. The van der Waals surface area contributed by atoms with Crippen LogP contribution in [0.15, 0.2) is 15.9 Å². The van der Waals surface area contributed by atoms with Crippen molar-refractivity contribution in [1.29, 1.82) is 0 Å². The fraction of sp³-hybridized carbons (Fsp3) is 0.667. The molecule has 0 amide bonds. The highest BCUT2D eigenvalue weighted by atomic mass is 79.9. The van der Waals surface area contributed by atoms with Crippen LogP contribution in [0.4, 0.5) is 0 Å². The minimum atomic E-state index is -2.96. The summed E-state index contributed by atoms with van der Waals surface area (Å²) in [6.07, 6.45) is 4.77. The zero-order valence-corrected chi connectivity index (χ0v) is 14.0. The molecule has 3 N–H and O–H groups in total. The molecule has 0 spiro atoms. The molecule has 0 bridgehead atoms. The second kappa shape index (κ2) is 6.22. The lowest BCUT2D eigenvalue weighted by Gasteiger charge is -2.33. The largest absolute Gasteiger partial charge is 0.271 e. The van der Waals surface area contributed by atoms with E-state index in [0.29, 0.717) is 6.42 Å². The number of nitrogens with one attached hydrogen (secondary N) is 1. The van der Waals surface area contributed by atoms with Gasteiger partial charge in [-0.3, -0.25) is 11.3 Å². The van der Waals surface area contributed by atoms with Crippen LogP contribution in [-0.4, -0.2) is 19.9 Å². The third kappa shape index (κ3) is 3.58. The van der Waals surface area contributed by atoms with Crippen molar-refractivity contribution in [2.75, 3.05) is 6.26 Å². The predicted octanol–water partition coefficient (Wildman–Crippen LogP) is 2.62. The molecule has 4 nitrogen and oxygen atoms in total. The highest BCUT2D eigenvalue weighted by molar-refractivity contribution is 9.10. The van der Waals surface area contributed by atoms with E-state index in [9.17, 15) is 8.42 Å². The monoisotopic (exact) mass is 366 g/mol. The zero-order valence-electron chi connectivity index (χ0n) is 10.8. The van der Waals surface area contributed by atoms with Crippen molar-refractivity contribution in [3.8, 4) is 0 Å². The van der Waals surface area contributed by atoms with Crippen LogP contribution in [0.2, 0.25) is 0 Å². The second-order valence-corrected chi connectivity index (χ2v) is 9.28. The first-order valence-electron chi connectivity index (χ1n) is 6.31. The third-order valence-corrected chi connectivity index (χ3v) is 7.44. The Balaban J connectivity index is 2.18. The number of hydrazine groups is 1. The van der Waals surface area contributed by atoms with E-state index in [1.165, 1.54) is 6.26 Å². The Bertz CT molecular complexity index is 530. The first-order chi connectivity index (χ1) is 8.93. The van der Waals surface area contributed by atoms with Crippen molar-refractivity contribution in [2.24, 2.45) is 11.8 Å². The molecule has 1 aromatic rings. The fourth-order valence-electron chi connectivity index (χ4n) is 2.83. The molecule has 108 valence electrons. The molecule has 3 unspecified atom stereocenters. The first kappa shape index (κ1) is 15.4. The maximum absolute atomic E-state index is 11.7. The zero-order chi connectivity index (χ0) is 14.0. The minimum absolute atomic E-state index is 0.0268. The maximum Gasteiger partial charge on any atom is 0.150 e. The second-order valence-electron chi connectivity index (χ2n) is 5.16. The van der Waals surface area contributed by atoms with Crippen molar-refractivity contribution < 1.29 is 8.42 Å². The van der Waals surface area contributed by atoms with Crippen LogP contribution in [0, 0.1) is 5.92 Å². The Morgan fingerprint density at radius 2 is 2.26 bits per heavy atom. The Kier molecular flexibility index (Phi) is 5.05. The van der Waals surface area contributed by atoms with Gasteiger partial charge in [0, 0.05) is 15.6 Å². The molecule has 0 radical (unpaired) electrons. The van der Waals surface area contributed by atoms with E-state index in [0.717, 1.165) is 28.6 Å². The lowest BCUT2D eigenvalue weighted by molar-refractivity contribution is 0.277. The SMILES string of the molecule is CS(=O)(=O)C1CCCC(C(NN)c2sccc2Br)C1. The molecule has 0 aliphatic heterocycles. The van der Waals surface area contributed by atoms with Gasteiger partial charge in [-0.2, -0.15) is 0 Å². The van der Waals surface area contributed by atoms with Crippen molar-refractivity contribution in [1.82, 2.24) is 5.43 Å². The predicted molar refractivity (Wildman–Crippen MR) is 82.7 cm³/mol. The number of hydrogen-bond donors (Lipinski definition) is 2. The van der Waals surface area contributed by atoms with Crippen LogP contribution >= 0.6 is 27.3 Å². The van der Waals surface area contributed by atoms with Gasteiger partial charge in [0.2, 0.25) is 0 Å². The Morgan fingerprint density at radius 1 is 1.53 bits per heavy atom. The van der Waals surface area contributed by atoms with E-state index in [4.69, 9.17) is 5.84 Å². The summed E-state index contributed by atoms with van der Waals surface area (Å²) < 4.78 is 24.5. The molecule has 7 heteroatoms. The van der Waals surface area contributed by atoms with Gasteiger partial charge in [-0.05, 0) is 52.6 Å². The lowest BCUT2D eigenvalue weighted by Crippen LogP contribution is -2.38. The summed E-state index contributed by atoms with van der Waals surface area (Å²) in [5, 5.41) is 1.79. The van der Waals surface area contributed by atoms with Crippen molar-refractivity contribution in [3.63, 3.8) is 0 Å². The molecule has 1 aromatic heterocycles. The molecule has 1 aliphatic carbocycles. The maximum atomic E-state index is 11.7. The third-order valence-electron chi connectivity index (χ3n) is 3.85. The summed E-state index contributed by atoms with van der Waals surface area (Å²) in [4.78, 5) is 1.15. The van der Waals surface area contributed by atoms with Gasteiger partial charge in [0.1, 0.15) is 9.84 Å². The van der Waals surface area contributed by atoms with E-state index in [1.54, 1.807) is 11.3 Å². The number of rotatable bonds is 4. The van der Waals surface area contributed by atoms with Crippen molar-refractivity contribution in [3.05, 3.63) is 20.8 Å². The van der Waals surface area contributed by atoms with Crippen LogP contribution in [0.25, 0.3) is 0 Å². The molecule has 0 saturated heterocycles. The van der Waals surface area contributed by atoms with E-state index >= 15 is 0 Å². The average Bonchev–Trinajstić information content (AvgIpc) is 2.76. The Hall–Kier alpha value is 0.0500. The summed E-state index contributed by atoms with van der Waals surface area (Å²) >= 11 is 5.17. The van der Waals surface area contributed by atoms with Gasteiger partial charge in [-0.1, -0.05) is 6.42 Å². The van der Waals surface area contributed by atoms with Gasteiger partial charge < -0.3 is 0 Å². The van der Waals surface area contributed by atoms with Crippen LogP contribution in [0.3, 0.4) is 0 Å². The topological polar surface area (TPSA) is 72.2 Å². The quantitative estimate of drug-likeness (QED) is 0.634. The molecular weight excluding hydrogens is 348 g/mol. The number of halogens is 1. The standard InChI is InChI=1S/C12H19BrN2O2S2/c1-19(16,17)9-4-2-3-8(7-9)11(15-14)12-10(13)5-6-18-12/h5-6,8-9,11,15H,2-4,7,14H2,1H3. The number of hydrogen-bond acceptors (Lipinski definition) is 5. The summed E-state index contributed by atoms with van der Waals surface area (Å²) in [6, 6.07) is 2.03. The van der Waals surface area contributed by atoms with Gasteiger partial charge >= 0.3 is 0 Å². The lowest BCUT2D eigenvalue weighted by atomic mass is 9.83. The molecular formula is C12H19BrN2O2S2. The number of sulfone groups is 1. The normalized spacial score (nSPS) is 26.3. The smallest absolute Gasteiger partial charge is 0.150 e. The Labute approximate surface area is 126 Å². The average molecular weight is 367 g/mol. The molecule has 2 rings (SSSR count). The number of nitrogens with two attached hydrogens (primary N) is 1. The number of thiophene rings is 1. The van der Waals surface area contributed by atoms with Crippen LogP contribution in [-0.2, 0) is 9.84 Å². The van der Waals surface area contributed by atoms with E-state index in [2.05, 4.69) is 21.4 Å². The molecule has 3 atom stereocenters. The van der Waals surface area contributed by atoms with Crippen molar-refractivity contribution in [2.45, 2.75) is 37.0 Å². The molecule has 1 fully saturated rings.